The summed E-state index contributed by atoms with van der Waals surface area (Å²) in [4.78, 5) is 16.8. The number of thiazole rings is 1. The molecule has 0 saturated heterocycles. The smallest absolute Gasteiger partial charge is 0.260 e. The largest absolute Gasteiger partial charge is 0.365 e. The molecule has 1 unspecified atom stereocenters. The minimum Gasteiger partial charge on any atom is -0.365 e. The molecule has 4 nitrogen and oxygen atoms in total. The van der Waals surface area contributed by atoms with Gasteiger partial charge >= 0.3 is 0 Å². The van der Waals surface area contributed by atoms with Gasteiger partial charge in [0, 0.05) is 24.7 Å². The molecule has 2 heterocycles. The Labute approximate surface area is 110 Å². The van der Waals surface area contributed by atoms with Gasteiger partial charge < -0.3 is 9.88 Å². The summed E-state index contributed by atoms with van der Waals surface area (Å²) in [5.41, 5.74) is 1.43. The van der Waals surface area contributed by atoms with Gasteiger partial charge in [-0.1, -0.05) is 6.92 Å². The van der Waals surface area contributed by atoms with Crippen molar-refractivity contribution in [1.82, 2.24) is 9.55 Å². The highest BCUT2D eigenvalue weighted by Gasteiger charge is 2.11. The average molecular weight is 263 g/mol. The Morgan fingerprint density at radius 2 is 2.33 bits per heavy atom. The van der Waals surface area contributed by atoms with Crippen molar-refractivity contribution in [3.8, 4) is 11.3 Å². The predicted octanol–water partition coefficient (Wildman–Crippen LogP) is 2.98. The normalized spacial score (nSPS) is 12.4. The van der Waals surface area contributed by atoms with Gasteiger partial charge in [0.2, 0.25) is 0 Å². The second-order valence-electron chi connectivity index (χ2n) is 4.18. The van der Waals surface area contributed by atoms with Gasteiger partial charge in [0.1, 0.15) is 0 Å². The van der Waals surface area contributed by atoms with Crippen molar-refractivity contribution in [2.45, 2.75) is 26.3 Å². The van der Waals surface area contributed by atoms with Crippen LogP contribution in [0.4, 0.5) is 5.13 Å². The van der Waals surface area contributed by atoms with Crippen LogP contribution in [0.1, 0.15) is 26.3 Å². The van der Waals surface area contributed by atoms with Crippen LogP contribution in [0.2, 0.25) is 0 Å². The SMILES string of the molecule is CCC(C)n1cccc(-c2csc(NC)n2)c1=O. The number of anilines is 1. The van der Waals surface area contributed by atoms with Gasteiger partial charge in [-0.3, -0.25) is 4.79 Å². The van der Waals surface area contributed by atoms with E-state index in [0.29, 0.717) is 5.56 Å². The number of hydrogen-bond donors (Lipinski definition) is 1. The van der Waals surface area contributed by atoms with Crippen LogP contribution >= 0.6 is 11.3 Å². The zero-order chi connectivity index (χ0) is 13.1. The summed E-state index contributed by atoms with van der Waals surface area (Å²) in [6.45, 7) is 4.12. The summed E-state index contributed by atoms with van der Waals surface area (Å²) in [5, 5.41) is 5.71. The van der Waals surface area contributed by atoms with Gasteiger partial charge in [-0.2, -0.15) is 0 Å². The van der Waals surface area contributed by atoms with E-state index in [4.69, 9.17) is 0 Å². The van der Waals surface area contributed by atoms with E-state index in [0.717, 1.165) is 17.2 Å². The average Bonchev–Trinajstić information content (AvgIpc) is 2.86. The molecule has 0 radical (unpaired) electrons. The van der Waals surface area contributed by atoms with Gasteiger partial charge in [0.15, 0.2) is 5.13 Å². The summed E-state index contributed by atoms with van der Waals surface area (Å²) in [6.07, 6.45) is 2.77. The van der Waals surface area contributed by atoms with E-state index in [1.807, 2.05) is 37.7 Å². The lowest BCUT2D eigenvalue weighted by molar-refractivity contribution is 0.515. The van der Waals surface area contributed by atoms with Crippen molar-refractivity contribution in [2.75, 3.05) is 12.4 Å². The Bertz CT molecular complexity index is 588. The van der Waals surface area contributed by atoms with Crippen molar-refractivity contribution < 1.29 is 0 Å². The van der Waals surface area contributed by atoms with Crippen LogP contribution in [0.25, 0.3) is 11.3 Å². The summed E-state index contributed by atoms with van der Waals surface area (Å²) in [5.74, 6) is 0. The molecule has 0 saturated carbocycles. The monoisotopic (exact) mass is 263 g/mol. The highest BCUT2D eigenvalue weighted by atomic mass is 32.1. The highest BCUT2D eigenvalue weighted by molar-refractivity contribution is 7.14. The van der Waals surface area contributed by atoms with Crippen molar-refractivity contribution in [3.63, 3.8) is 0 Å². The lowest BCUT2D eigenvalue weighted by Gasteiger charge is -2.13. The minimum absolute atomic E-state index is 0.0276. The molecular weight excluding hydrogens is 246 g/mol. The van der Waals surface area contributed by atoms with E-state index in [2.05, 4.69) is 17.2 Å². The zero-order valence-corrected chi connectivity index (χ0v) is 11.6. The van der Waals surface area contributed by atoms with E-state index in [1.54, 1.807) is 4.57 Å². The first kappa shape index (κ1) is 12.8. The van der Waals surface area contributed by atoms with Gasteiger partial charge in [-0.25, -0.2) is 4.98 Å². The number of nitrogens with one attached hydrogen (secondary N) is 1. The first-order valence-electron chi connectivity index (χ1n) is 6.02. The van der Waals surface area contributed by atoms with Crippen LogP contribution in [-0.4, -0.2) is 16.6 Å². The summed E-state index contributed by atoms with van der Waals surface area (Å²) in [6, 6.07) is 3.94. The Kier molecular flexibility index (Phi) is 3.81. The first-order valence-corrected chi connectivity index (χ1v) is 6.90. The number of rotatable bonds is 4. The first-order chi connectivity index (χ1) is 8.67. The van der Waals surface area contributed by atoms with Crippen LogP contribution in [0.5, 0.6) is 0 Å². The van der Waals surface area contributed by atoms with Crippen molar-refractivity contribution >= 4 is 16.5 Å². The molecule has 0 spiro atoms. The maximum absolute atomic E-state index is 12.4. The third-order valence-electron chi connectivity index (χ3n) is 3.03. The summed E-state index contributed by atoms with van der Waals surface area (Å²) in [7, 11) is 1.82. The van der Waals surface area contributed by atoms with Crippen LogP contribution in [0, 0.1) is 0 Å². The van der Waals surface area contributed by atoms with Crippen LogP contribution in [-0.2, 0) is 0 Å². The number of pyridine rings is 1. The second-order valence-corrected chi connectivity index (χ2v) is 5.04. The zero-order valence-electron chi connectivity index (χ0n) is 10.8. The van der Waals surface area contributed by atoms with Gasteiger partial charge in [-0.15, -0.1) is 11.3 Å². The van der Waals surface area contributed by atoms with Crippen molar-refractivity contribution in [2.24, 2.45) is 0 Å². The second kappa shape index (κ2) is 5.35. The van der Waals surface area contributed by atoms with Crippen LogP contribution < -0.4 is 10.9 Å². The predicted molar refractivity (Wildman–Crippen MR) is 76.4 cm³/mol. The molecule has 18 heavy (non-hydrogen) atoms. The Balaban J connectivity index is 2.49. The Morgan fingerprint density at radius 3 is 2.94 bits per heavy atom. The molecule has 5 heteroatoms. The molecule has 2 aromatic rings. The maximum atomic E-state index is 12.4. The summed E-state index contributed by atoms with van der Waals surface area (Å²) < 4.78 is 1.77. The lowest BCUT2D eigenvalue weighted by atomic mass is 10.2. The third-order valence-corrected chi connectivity index (χ3v) is 3.89. The molecule has 0 aliphatic rings. The fourth-order valence-electron chi connectivity index (χ4n) is 1.76. The van der Waals surface area contributed by atoms with E-state index >= 15 is 0 Å². The Morgan fingerprint density at radius 1 is 1.56 bits per heavy atom. The quantitative estimate of drug-likeness (QED) is 0.922. The summed E-state index contributed by atoms with van der Waals surface area (Å²) >= 11 is 1.50. The number of aromatic nitrogens is 2. The van der Waals surface area contributed by atoms with E-state index < -0.39 is 0 Å². The topological polar surface area (TPSA) is 46.9 Å². The minimum atomic E-state index is 0.0276. The third kappa shape index (κ3) is 2.31. The fraction of sp³-hybridized carbons (Fsp3) is 0.385. The molecule has 1 atom stereocenters. The molecule has 2 aromatic heterocycles. The van der Waals surface area contributed by atoms with Crippen molar-refractivity contribution in [3.05, 3.63) is 34.1 Å². The molecule has 0 amide bonds. The highest BCUT2D eigenvalue weighted by Crippen LogP contribution is 2.22. The molecule has 0 aromatic carbocycles. The molecule has 0 aliphatic heterocycles. The van der Waals surface area contributed by atoms with Gasteiger partial charge in [0.25, 0.3) is 5.56 Å². The molecule has 0 aliphatic carbocycles. The van der Waals surface area contributed by atoms with E-state index in [-0.39, 0.29) is 11.6 Å². The van der Waals surface area contributed by atoms with Gasteiger partial charge in [0.05, 0.1) is 11.3 Å². The molecule has 96 valence electrons. The lowest BCUT2D eigenvalue weighted by Crippen LogP contribution is -2.23. The molecule has 2 rings (SSSR count). The Hall–Kier alpha value is -1.62. The van der Waals surface area contributed by atoms with Gasteiger partial charge in [-0.05, 0) is 25.5 Å². The van der Waals surface area contributed by atoms with E-state index in [9.17, 15) is 4.79 Å². The maximum Gasteiger partial charge on any atom is 0.260 e. The van der Waals surface area contributed by atoms with Crippen LogP contribution in [0.15, 0.2) is 28.5 Å². The standard InChI is InChI=1S/C13H17N3OS/c1-4-9(2)16-7-5-6-10(12(16)17)11-8-18-13(14-3)15-11/h5-9H,4H2,1-3H3,(H,14,15). The molecular formula is C13H17N3OS. The van der Waals surface area contributed by atoms with Crippen LogP contribution in [0.3, 0.4) is 0 Å². The number of nitrogens with zero attached hydrogens (tertiary/aromatic N) is 2. The molecule has 0 bridgehead atoms. The molecule has 1 N–H and O–H groups in total. The number of hydrogen-bond acceptors (Lipinski definition) is 4. The van der Waals surface area contributed by atoms with E-state index in [1.165, 1.54) is 11.3 Å². The fourth-order valence-corrected chi connectivity index (χ4v) is 2.43. The molecule has 0 fully saturated rings. The van der Waals surface area contributed by atoms with Crippen molar-refractivity contribution in [1.29, 1.82) is 0 Å².